The summed E-state index contributed by atoms with van der Waals surface area (Å²) in [7, 11) is 1.63. The lowest BCUT2D eigenvalue weighted by Gasteiger charge is -2.30. The van der Waals surface area contributed by atoms with Crippen molar-refractivity contribution >= 4 is 10.9 Å². The molecule has 1 fully saturated rings. The number of hydrogen-bond acceptors (Lipinski definition) is 5. The first-order valence-electron chi connectivity index (χ1n) is 8.47. The standard InChI is InChI=1S/C19H23N3O2/c1-3-22-8-6-14(7-9-22)13-24-19-16(12-20)10-15-11-17(23-2)4-5-18(15)21-19/h4-5,10-11,14H,3,6-9,13H2,1-2H3. The van der Waals surface area contributed by atoms with Crippen LogP contribution in [0.25, 0.3) is 10.9 Å². The van der Waals surface area contributed by atoms with Crippen molar-refractivity contribution in [1.29, 1.82) is 5.26 Å². The predicted molar refractivity (Wildman–Crippen MR) is 93.3 cm³/mol. The van der Waals surface area contributed by atoms with Gasteiger partial charge in [-0.3, -0.25) is 0 Å². The minimum Gasteiger partial charge on any atom is -0.497 e. The summed E-state index contributed by atoms with van der Waals surface area (Å²) >= 11 is 0. The molecule has 5 heteroatoms. The molecule has 0 saturated carbocycles. The SMILES string of the molecule is CCN1CCC(COc2nc3ccc(OC)cc3cc2C#N)CC1. The van der Waals surface area contributed by atoms with Crippen LogP contribution in [0.15, 0.2) is 24.3 Å². The van der Waals surface area contributed by atoms with Gasteiger partial charge in [-0.05, 0) is 62.7 Å². The molecule has 0 unspecified atom stereocenters. The van der Waals surface area contributed by atoms with Gasteiger partial charge in [0.15, 0.2) is 0 Å². The van der Waals surface area contributed by atoms with Crippen LogP contribution >= 0.6 is 0 Å². The lowest BCUT2D eigenvalue weighted by molar-refractivity contribution is 0.143. The molecule has 0 spiro atoms. The van der Waals surface area contributed by atoms with Crippen molar-refractivity contribution in [2.24, 2.45) is 5.92 Å². The number of nitriles is 1. The number of pyridine rings is 1. The van der Waals surface area contributed by atoms with Crippen molar-refractivity contribution in [3.63, 3.8) is 0 Å². The van der Waals surface area contributed by atoms with Gasteiger partial charge in [0.1, 0.15) is 17.4 Å². The number of nitrogens with zero attached hydrogens (tertiary/aromatic N) is 3. The molecule has 1 aliphatic heterocycles. The molecule has 0 atom stereocenters. The fourth-order valence-corrected chi connectivity index (χ4v) is 3.12. The monoisotopic (exact) mass is 325 g/mol. The highest BCUT2D eigenvalue weighted by Crippen LogP contribution is 2.26. The van der Waals surface area contributed by atoms with E-state index in [1.807, 2.05) is 24.3 Å². The van der Waals surface area contributed by atoms with Crippen LogP contribution in [-0.4, -0.2) is 43.2 Å². The number of methoxy groups -OCH3 is 1. The number of fused-ring (bicyclic) bond motifs is 1. The average Bonchev–Trinajstić information content (AvgIpc) is 2.65. The molecule has 5 nitrogen and oxygen atoms in total. The van der Waals surface area contributed by atoms with Crippen molar-refractivity contribution in [2.45, 2.75) is 19.8 Å². The van der Waals surface area contributed by atoms with Gasteiger partial charge in [0, 0.05) is 5.39 Å². The predicted octanol–water partition coefficient (Wildman–Crippen LogP) is 3.23. The molecular formula is C19H23N3O2. The lowest BCUT2D eigenvalue weighted by atomic mass is 9.98. The van der Waals surface area contributed by atoms with E-state index in [0.717, 1.165) is 49.1 Å². The summed E-state index contributed by atoms with van der Waals surface area (Å²) in [6.45, 7) is 6.19. The van der Waals surface area contributed by atoms with Gasteiger partial charge in [0.05, 0.1) is 19.2 Å². The fourth-order valence-electron chi connectivity index (χ4n) is 3.12. The van der Waals surface area contributed by atoms with Gasteiger partial charge in [-0.1, -0.05) is 6.92 Å². The van der Waals surface area contributed by atoms with E-state index in [2.05, 4.69) is 22.9 Å². The first-order chi connectivity index (χ1) is 11.7. The van der Waals surface area contributed by atoms with Crippen molar-refractivity contribution in [3.8, 4) is 17.7 Å². The van der Waals surface area contributed by atoms with Crippen LogP contribution < -0.4 is 9.47 Å². The molecule has 1 aliphatic rings. The number of ether oxygens (including phenoxy) is 2. The zero-order valence-corrected chi connectivity index (χ0v) is 14.3. The fraction of sp³-hybridized carbons (Fsp3) is 0.474. The summed E-state index contributed by atoms with van der Waals surface area (Å²) < 4.78 is 11.1. The Morgan fingerprint density at radius 1 is 1.29 bits per heavy atom. The van der Waals surface area contributed by atoms with E-state index in [9.17, 15) is 5.26 Å². The number of benzene rings is 1. The minimum atomic E-state index is 0.438. The van der Waals surface area contributed by atoms with E-state index in [0.29, 0.717) is 24.0 Å². The maximum absolute atomic E-state index is 9.40. The number of aromatic nitrogens is 1. The van der Waals surface area contributed by atoms with Gasteiger partial charge in [-0.2, -0.15) is 5.26 Å². The Kier molecular flexibility index (Phi) is 5.17. The highest BCUT2D eigenvalue weighted by Gasteiger charge is 2.19. The molecule has 3 rings (SSSR count). The molecule has 2 aromatic rings. The first kappa shape index (κ1) is 16.5. The molecule has 0 N–H and O–H groups in total. The van der Waals surface area contributed by atoms with Crippen LogP contribution in [0.2, 0.25) is 0 Å². The Bertz CT molecular complexity index is 746. The Hall–Kier alpha value is -2.32. The summed E-state index contributed by atoms with van der Waals surface area (Å²) in [6, 6.07) is 9.65. The van der Waals surface area contributed by atoms with E-state index < -0.39 is 0 Å². The number of rotatable bonds is 5. The molecule has 1 saturated heterocycles. The smallest absolute Gasteiger partial charge is 0.232 e. The molecule has 0 radical (unpaired) electrons. The Morgan fingerprint density at radius 3 is 2.75 bits per heavy atom. The van der Waals surface area contributed by atoms with Gasteiger partial charge in [0.2, 0.25) is 5.88 Å². The zero-order chi connectivity index (χ0) is 16.9. The second-order valence-corrected chi connectivity index (χ2v) is 6.20. The van der Waals surface area contributed by atoms with Gasteiger partial charge >= 0.3 is 0 Å². The van der Waals surface area contributed by atoms with E-state index in [-0.39, 0.29) is 0 Å². The van der Waals surface area contributed by atoms with Crippen LogP contribution in [-0.2, 0) is 0 Å². The molecule has 0 aliphatic carbocycles. The summed E-state index contributed by atoms with van der Waals surface area (Å²) in [6.07, 6.45) is 2.28. The first-order valence-corrected chi connectivity index (χ1v) is 8.47. The van der Waals surface area contributed by atoms with Crippen LogP contribution in [0.4, 0.5) is 0 Å². The normalized spacial score (nSPS) is 16.0. The highest BCUT2D eigenvalue weighted by molar-refractivity contribution is 5.82. The Labute approximate surface area is 142 Å². The maximum atomic E-state index is 9.40. The van der Waals surface area contributed by atoms with Crippen LogP contribution in [0.1, 0.15) is 25.3 Å². The summed E-state index contributed by atoms with van der Waals surface area (Å²) in [4.78, 5) is 6.98. The molecule has 2 heterocycles. The van der Waals surface area contributed by atoms with Crippen LogP contribution in [0.3, 0.4) is 0 Å². The number of likely N-dealkylation sites (tertiary alicyclic amines) is 1. The lowest BCUT2D eigenvalue weighted by Crippen LogP contribution is -2.35. The van der Waals surface area contributed by atoms with Crippen molar-refractivity contribution in [2.75, 3.05) is 33.4 Å². The van der Waals surface area contributed by atoms with Gasteiger partial charge < -0.3 is 14.4 Å². The van der Waals surface area contributed by atoms with Gasteiger partial charge in [-0.25, -0.2) is 4.98 Å². The zero-order valence-electron chi connectivity index (χ0n) is 14.3. The molecule has 0 amide bonds. The highest BCUT2D eigenvalue weighted by atomic mass is 16.5. The van der Waals surface area contributed by atoms with Gasteiger partial charge in [0.25, 0.3) is 0 Å². The third-order valence-corrected chi connectivity index (χ3v) is 4.72. The third kappa shape index (κ3) is 3.60. The van der Waals surface area contributed by atoms with E-state index >= 15 is 0 Å². The van der Waals surface area contributed by atoms with E-state index in [4.69, 9.17) is 9.47 Å². The molecule has 24 heavy (non-hydrogen) atoms. The molecule has 1 aromatic heterocycles. The van der Waals surface area contributed by atoms with Crippen molar-refractivity contribution in [1.82, 2.24) is 9.88 Å². The third-order valence-electron chi connectivity index (χ3n) is 4.72. The number of piperidine rings is 1. The van der Waals surface area contributed by atoms with Crippen LogP contribution in [0, 0.1) is 17.2 Å². The Morgan fingerprint density at radius 2 is 2.08 bits per heavy atom. The van der Waals surface area contributed by atoms with E-state index in [1.54, 1.807) is 7.11 Å². The topological polar surface area (TPSA) is 58.4 Å². The van der Waals surface area contributed by atoms with Gasteiger partial charge in [-0.15, -0.1) is 0 Å². The average molecular weight is 325 g/mol. The molecular weight excluding hydrogens is 302 g/mol. The molecule has 126 valence electrons. The molecule has 0 bridgehead atoms. The van der Waals surface area contributed by atoms with Crippen LogP contribution in [0.5, 0.6) is 11.6 Å². The second kappa shape index (κ2) is 7.50. The summed E-state index contributed by atoms with van der Waals surface area (Å²) in [5.41, 5.74) is 1.28. The Balaban J connectivity index is 1.73. The largest absolute Gasteiger partial charge is 0.497 e. The van der Waals surface area contributed by atoms with E-state index in [1.165, 1.54) is 0 Å². The second-order valence-electron chi connectivity index (χ2n) is 6.20. The van der Waals surface area contributed by atoms with Crippen molar-refractivity contribution in [3.05, 3.63) is 29.8 Å². The minimum absolute atomic E-state index is 0.438. The summed E-state index contributed by atoms with van der Waals surface area (Å²) in [5.74, 6) is 1.73. The quantitative estimate of drug-likeness (QED) is 0.845. The number of hydrogen-bond donors (Lipinski definition) is 0. The maximum Gasteiger partial charge on any atom is 0.232 e. The summed E-state index contributed by atoms with van der Waals surface area (Å²) in [5, 5.41) is 10.3. The van der Waals surface area contributed by atoms with Crippen molar-refractivity contribution < 1.29 is 9.47 Å². The molecule has 1 aromatic carbocycles.